The summed E-state index contributed by atoms with van der Waals surface area (Å²) in [6.07, 6.45) is 1.46. The van der Waals surface area contributed by atoms with E-state index in [1.807, 2.05) is 30.3 Å². The van der Waals surface area contributed by atoms with Crippen LogP contribution in [0.3, 0.4) is 0 Å². The van der Waals surface area contributed by atoms with Crippen LogP contribution in [0, 0.1) is 5.82 Å². The number of hydrogen-bond donors (Lipinski definition) is 2. The van der Waals surface area contributed by atoms with Crippen molar-refractivity contribution in [3.05, 3.63) is 87.6 Å². The van der Waals surface area contributed by atoms with Crippen LogP contribution in [-0.2, 0) is 6.54 Å². The number of amides is 1. The molecule has 0 aliphatic heterocycles. The smallest absolute Gasteiger partial charge is 0.320 e. The van der Waals surface area contributed by atoms with E-state index in [4.69, 9.17) is 0 Å². The largest absolute Gasteiger partial charge is 0.346 e. The topological polar surface area (TPSA) is 92.1 Å². The van der Waals surface area contributed by atoms with E-state index >= 15 is 0 Å². The van der Waals surface area contributed by atoms with Crippen LogP contribution in [0.25, 0.3) is 0 Å². The van der Waals surface area contributed by atoms with Crippen molar-refractivity contribution in [3.63, 3.8) is 0 Å². The number of rotatable bonds is 5. The molecule has 0 unspecified atom stereocenters. The number of aromatic nitrogens is 3. The number of benzene rings is 2. The van der Waals surface area contributed by atoms with Crippen molar-refractivity contribution in [1.82, 2.24) is 20.4 Å². The second kappa shape index (κ2) is 7.35. The molecule has 0 atom stereocenters. The molecule has 0 aliphatic rings. The van der Waals surface area contributed by atoms with Gasteiger partial charge in [0.25, 0.3) is 5.91 Å². The van der Waals surface area contributed by atoms with Crippen LogP contribution >= 0.6 is 0 Å². The molecule has 7 nitrogen and oxygen atoms in total. The molecule has 0 radical (unpaired) electrons. The van der Waals surface area contributed by atoms with Crippen molar-refractivity contribution in [2.75, 3.05) is 0 Å². The van der Waals surface area contributed by atoms with Gasteiger partial charge in [0.05, 0.1) is 6.21 Å². The lowest BCUT2D eigenvalue weighted by molar-refractivity contribution is 0.0944. The number of hydrogen-bond acceptors (Lipinski definition) is 4. The highest BCUT2D eigenvalue weighted by molar-refractivity contribution is 5.91. The number of carbonyl (C=O) groups is 1. The minimum Gasteiger partial charge on any atom is -0.346 e. The molecule has 126 valence electrons. The molecule has 1 heterocycles. The van der Waals surface area contributed by atoms with Crippen molar-refractivity contribution in [1.29, 1.82) is 0 Å². The highest BCUT2D eigenvalue weighted by atomic mass is 19.1. The SMILES string of the molecule is O=C(NCc1ccccc1F)c1n[nH]n(N=Cc2ccccc2)c1=O. The lowest BCUT2D eigenvalue weighted by atomic mass is 10.2. The van der Waals surface area contributed by atoms with Gasteiger partial charge in [0.2, 0.25) is 5.69 Å². The summed E-state index contributed by atoms with van der Waals surface area (Å²) >= 11 is 0. The molecule has 3 rings (SSSR count). The lowest BCUT2D eigenvalue weighted by Gasteiger charge is -2.03. The molecule has 0 saturated carbocycles. The summed E-state index contributed by atoms with van der Waals surface area (Å²) < 4.78 is 13.5. The normalized spacial score (nSPS) is 10.9. The summed E-state index contributed by atoms with van der Waals surface area (Å²) in [5, 5.41) is 12.4. The van der Waals surface area contributed by atoms with Gasteiger partial charge in [-0.1, -0.05) is 48.5 Å². The van der Waals surface area contributed by atoms with Crippen LogP contribution in [-0.4, -0.2) is 27.2 Å². The van der Waals surface area contributed by atoms with Gasteiger partial charge in [-0.05, 0) is 11.6 Å². The zero-order valence-electron chi connectivity index (χ0n) is 13.0. The van der Waals surface area contributed by atoms with Gasteiger partial charge in [0.15, 0.2) is 0 Å². The van der Waals surface area contributed by atoms with Gasteiger partial charge in [0.1, 0.15) is 5.82 Å². The van der Waals surface area contributed by atoms with Gasteiger partial charge in [0, 0.05) is 12.1 Å². The highest BCUT2D eigenvalue weighted by Gasteiger charge is 2.16. The van der Waals surface area contributed by atoms with Gasteiger partial charge in [-0.2, -0.15) is 10.3 Å². The molecule has 0 spiro atoms. The number of aromatic amines is 1. The number of H-pyrrole nitrogens is 1. The standard InChI is InChI=1S/C17H14FN5O2/c18-14-9-5-4-8-13(14)11-19-16(24)15-17(25)23(22-21-15)20-10-12-6-2-1-3-7-12/h1-10,22H,11H2,(H,19,24). The van der Waals surface area contributed by atoms with Crippen LogP contribution in [0.5, 0.6) is 0 Å². The summed E-state index contributed by atoms with van der Waals surface area (Å²) in [6.45, 7) is -0.0505. The Hall–Kier alpha value is -3.55. The number of nitrogens with zero attached hydrogens (tertiary/aromatic N) is 3. The predicted molar refractivity (Wildman–Crippen MR) is 89.9 cm³/mol. The maximum absolute atomic E-state index is 13.5. The third-order valence-corrected chi connectivity index (χ3v) is 3.39. The third-order valence-electron chi connectivity index (χ3n) is 3.39. The second-order valence-corrected chi connectivity index (χ2v) is 5.11. The van der Waals surface area contributed by atoms with Gasteiger partial charge >= 0.3 is 5.56 Å². The average Bonchev–Trinajstić information content (AvgIpc) is 3.00. The summed E-state index contributed by atoms with van der Waals surface area (Å²) in [4.78, 5) is 25.0. The average molecular weight is 339 g/mol. The first-order chi connectivity index (χ1) is 12.1. The van der Waals surface area contributed by atoms with E-state index in [9.17, 15) is 14.0 Å². The van der Waals surface area contributed by atoms with Crippen LogP contribution < -0.4 is 10.9 Å². The summed E-state index contributed by atoms with van der Waals surface area (Å²) in [5.41, 5.74) is 0.0585. The number of halogens is 1. The Morgan fingerprint density at radius 2 is 1.92 bits per heavy atom. The quantitative estimate of drug-likeness (QED) is 0.690. The Balaban J connectivity index is 1.70. The molecule has 0 saturated heterocycles. The molecule has 1 amide bonds. The highest BCUT2D eigenvalue weighted by Crippen LogP contribution is 2.05. The molecule has 25 heavy (non-hydrogen) atoms. The maximum Gasteiger partial charge on any atom is 0.320 e. The molecule has 0 aliphatic carbocycles. The van der Waals surface area contributed by atoms with Gasteiger partial charge < -0.3 is 5.32 Å². The summed E-state index contributed by atoms with van der Waals surface area (Å²) in [7, 11) is 0. The molecule has 2 aromatic carbocycles. The van der Waals surface area contributed by atoms with E-state index in [1.165, 1.54) is 12.3 Å². The van der Waals surface area contributed by atoms with E-state index in [1.54, 1.807) is 18.2 Å². The Labute approximate surface area is 141 Å². The molecule has 1 aromatic heterocycles. The molecular weight excluding hydrogens is 325 g/mol. The Kier molecular flexibility index (Phi) is 4.79. The van der Waals surface area contributed by atoms with E-state index in [0.717, 1.165) is 10.4 Å². The zero-order chi connectivity index (χ0) is 17.6. The third kappa shape index (κ3) is 3.86. The fourth-order valence-corrected chi connectivity index (χ4v) is 2.08. The first-order valence-corrected chi connectivity index (χ1v) is 7.43. The predicted octanol–water partition coefficient (Wildman–Crippen LogP) is 1.52. The first kappa shape index (κ1) is 16.3. The number of nitrogens with one attached hydrogen (secondary N) is 2. The van der Waals surface area contributed by atoms with E-state index in [0.29, 0.717) is 5.56 Å². The van der Waals surface area contributed by atoms with Crippen molar-refractivity contribution in [2.24, 2.45) is 5.10 Å². The molecule has 0 bridgehead atoms. The van der Waals surface area contributed by atoms with Crippen molar-refractivity contribution in [3.8, 4) is 0 Å². The van der Waals surface area contributed by atoms with Crippen molar-refractivity contribution in [2.45, 2.75) is 6.54 Å². The van der Waals surface area contributed by atoms with Crippen LogP contribution in [0.4, 0.5) is 4.39 Å². The monoisotopic (exact) mass is 339 g/mol. The van der Waals surface area contributed by atoms with E-state index in [-0.39, 0.29) is 12.2 Å². The van der Waals surface area contributed by atoms with Gasteiger partial charge in [-0.15, -0.1) is 9.89 Å². The van der Waals surface area contributed by atoms with Crippen LogP contribution in [0.15, 0.2) is 64.5 Å². The molecular formula is C17H14FN5O2. The van der Waals surface area contributed by atoms with Crippen molar-refractivity contribution >= 4 is 12.1 Å². The minimum atomic E-state index is -0.710. The van der Waals surface area contributed by atoms with Crippen LogP contribution in [0.1, 0.15) is 21.6 Å². The van der Waals surface area contributed by atoms with Crippen LogP contribution in [0.2, 0.25) is 0 Å². The maximum atomic E-state index is 13.5. The fourth-order valence-electron chi connectivity index (χ4n) is 2.08. The first-order valence-electron chi connectivity index (χ1n) is 7.43. The van der Waals surface area contributed by atoms with E-state index < -0.39 is 17.3 Å². The fraction of sp³-hybridized carbons (Fsp3) is 0.0588. The Morgan fingerprint density at radius 3 is 2.68 bits per heavy atom. The Bertz CT molecular complexity index is 962. The van der Waals surface area contributed by atoms with Gasteiger partial charge in [-0.3, -0.25) is 9.59 Å². The lowest BCUT2D eigenvalue weighted by Crippen LogP contribution is -2.29. The van der Waals surface area contributed by atoms with Gasteiger partial charge in [-0.25, -0.2) is 4.39 Å². The molecule has 0 fully saturated rings. The summed E-state index contributed by atoms with van der Waals surface area (Å²) in [5.74, 6) is -1.15. The molecule has 3 aromatic rings. The zero-order valence-corrected chi connectivity index (χ0v) is 13.0. The molecule has 8 heteroatoms. The Morgan fingerprint density at radius 1 is 1.20 bits per heavy atom. The minimum absolute atomic E-state index is 0.0505. The van der Waals surface area contributed by atoms with Crippen molar-refractivity contribution < 1.29 is 9.18 Å². The second-order valence-electron chi connectivity index (χ2n) is 5.11. The summed E-state index contributed by atoms with van der Waals surface area (Å²) in [6, 6.07) is 15.2. The molecule has 2 N–H and O–H groups in total. The van der Waals surface area contributed by atoms with E-state index in [2.05, 4.69) is 20.7 Å². The number of carbonyl (C=O) groups excluding carboxylic acids is 1.